The van der Waals surface area contributed by atoms with Crippen LogP contribution in [0.1, 0.15) is 31.2 Å². The normalized spacial score (nSPS) is 18.0. The average molecular weight is 299 g/mol. The van der Waals surface area contributed by atoms with E-state index in [0.29, 0.717) is 18.6 Å². The fraction of sp³-hybridized carbons (Fsp3) is 0.462. The molecule has 0 saturated heterocycles. The Balaban J connectivity index is 2.54. The summed E-state index contributed by atoms with van der Waals surface area (Å²) in [5, 5.41) is 9.54. The van der Waals surface area contributed by atoms with Crippen molar-refractivity contribution in [2.45, 2.75) is 31.1 Å². The third kappa shape index (κ3) is 2.06. The van der Waals surface area contributed by atoms with E-state index in [2.05, 4.69) is 15.9 Å². The van der Waals surface area contributed by atoms with Crippen LogP contribution in [0.5, 0.6) is 5.75 Å². The van der Waals surface area contributed by atoms with Crippen molar-refractivity contribution in [1.82, 2.24) is 0 Å². The molecule has 3 nitrogen and oxygen atoms in total. The lowest BCUT2D eigenvalue weighted by Gasteiger charge is -2.26. The van der Waals surface area contributed by atoms with Crippen LogP contribution in [0.3, 0.4) is 0 Å². The Morgan fingerprint density at radius 1 is 1.41 bits per heavy atom. The van der Waals surface area contributed by atoms with Gasteiger partial charge in [-0.15, -0.1) is 0 Å². The van der Waals surface area contributed by atoms with Gasteiger partial charge in [-0.3, -0.25) is 4.79 Å². The molecule has 1 N–H and O–H groups in total. The standard InChI is InChI=1S/C13H15BrO3/c1-17-11-8-9(14)4-5-10(11)13(12(15)16)6-2-3-7-13/h4-5,8H,2-3,6-7H2,1H3,(H,15,16). The molecule has 1 fully saturated rings. The molecule has 0 bridgehead atoms. The molecule has 92 valence electrons. The Labute approximate surface area is 109 Å². The van der Waals surface area contributed by atoms with E-state index < -0.39 is 11.4 Å². The van der Waals surface area contributed by atoms with Gasteiger partial charge in [0.2, 0.25) is 0 Å². The van der Waals surface area contributed by atoms with E-state index in [9.17, 15) is 9.90 Å². The van der Waals surface area contributed by atoms with E-state index in [1.807, 2.05) is 18.2 Å². The second kappa shape index (κ2) is 4.69. The molecule has 1 aromatic carbocycles. The van der Waals surface area contributed by atoms with Crippen molar-refractivity contribution in [3.05, 3.63) is 28.2 Å². The van der Waals surface area contributed by atoms with Crippen LogP contribution in [0.2, 0.25) is 0 Å². The number of halogens is 1. The summed E-state index contributed by atoms with van der Waals surface area (Å²) in [5.41, 5.74) is 0.0414. The second-order valence-electron chi connectivity index (χ2n) is 4.44. The van der Waals surface area contributed by atoms with Gasteiger partial charge in [0, 0.05) is 10.0 Å². The summed E-state index contributed by atoms with van der Waals surface area (Å²) in [6.45, 7) is 0. The van der Waals surface area contributed by atoms with Crippen LogP contribution in [-0.2, 0) is 10.2 Å². The van der Waals surface area contributed by atoms with Gasteiger partial charge in [0.1, 0.15) is 5.75 Å². The molecule has 1 aliphatic carbocycles. The Kier molecular flexibility index (Phi) is 3.43. The largest absolute Gasteiger partial charge is 0.496 e. The predicted octanol–water partition coefficient (Wildman–Crippen LogP) is 3.35. The Bertz CT molecular complexity index is 436. The fourth-order valence-corrected chi connectivity index (χ4v) is 2.98. The third-order valence-electron chi connectivity index (χ3n) is 3.55. The van der Waals surface area contributed by atoms with Gasteiger partial charge < -0.3 is 9.84 Å². The maximum atomic E-state index is 11.6. The first-order valence-corrected chi connectivity index (χ1v) is 6.47. The highest BCUT2D eigenvalue weighted by atomic mass is 79.9. The lowest BCUT2D eigenvalue weighted by molar-refractivity contribution is -0.143. The minimum atomic E-state index is -0.758. The smallest absolute Gasteiger partial charge is 0.314 e. The van der Waals surface area contributed by atoms with Gasteiger partial charge in [-0.05, 0) is 25.0 Å². The van der Waals surface area contributed by atoms with Crippen LogP contribution < -0.4 is 4.74 Å². The van der Waals surface area contributed by atoms with Crippen molar-refractivity contribution in [1.29, 1.82) is 0 Å². The highest BCUT2D eigenvalue weighted by Crippen LogP contribution is 2.45. The number of ether oxygens (including phenoxy) is 1. The first-order chi connectivity index (χ1) is 8.10. The molecule has 17 heavy (non-hydrogen) atoms. The van der Waals surface area contributed by atoms with Crippen molar-refractivity contribution in [2.24, 2.45) is 0 Å². The maximum absolute atomic E-state index is 11.6. The molecular weight excluding hydrogens is 284 g/mol. The summed E-state index contributed by atoms with van der Waals surface area (Å²) in [4.78, 5) is 11.6. The molecule has 4 heteroatoms. The first kappa shape index (κ1) is 12.4. The van der Waals surface area contributed by atoms with Crippen LogP contribution >= 0.6 is 15.9 Å². The molecule has 0 radical (unpaired) electrons. The number of hydrogen-bond donors (Lipinski definition) is 1. The number of hydrogen-bond acceptors (Lipinski definition) is 2. The molecule has 2 rings (SSSR count). The van der Waals surface area contributed by atoms with Gasteiger partial charge in [0.05, 0.1) is 12.5 Å². The molecule has 0 spiro atoms. The highest BCUT2D eigenvalue weighted by molar-refractivity contribution is 9.10. The highest BCUT2D eigenvalue weighted by Gasteiger charge is 2.44. The lowest BCUT2D eigenvalue weighted by Crippen LogP contribution is -2.33. The van der Waals surface area contributed by atoms with Crippen LogP contribution in [0.25, 0.3) is 0 Å². The molecular formula is C13H15BrO3. The first-order valence-electron chi connectivity index (χ1n) is 5.67. The zero-order valence-electron chi connectivity index (χ0n) is 9.70. The number of carbonyl (C=O) groups is 1. The quantitative estimate of drug-likeness (QED) is 0.931. The fourth-order valence-electron chi connectivity index (χ4n) is 2.64. The van der Waals surface area contributed by atoms with E-state index in [1.54, 1.807) is 7.11 Å². The number of benzene rings is 1. The van der Waals surface area contributed by atoms with E-state index in [4.69, 9.17) is 4.74 Å². The minimum Gasteiger partial charge on any atom is -0.496 e. The minimum absolute atomic E-state index is 0.656. The summed E-state index contributed by atoms with van der Waals surface area (Å²) in [6, 6.07) is 5.57. The zero-order chi connectivity index (χ0) is 12.5. The number of methoxy groups -OCH3 is 1. The van der Waals surface area contributed by atoms with Gasteiger partial charge >= 0.3 is 5.97 Å². The Morgan fingerprint density at radius 3 is 2.59 bits per heavy atom. The van der Waals surface area contributed by atoms with Crippen LogP contribution in [0.15, 0.2) is 22.7 Å². The average Bonchev–Trinajstić information content (AvgIpc) is 2.79. The molecule has 0 amide bonds. The van der Waals surface area contributed by atoms with Gasteiger partial charge in [-0.2, -0.15) is 0 Å². The third-order valence-corrected chi connectivity index (χ3v) is 4.04. The second-order valence-corrected chi connectivity index (χ2v) is 5.35. The zero-order valence-corrected chi connectivity index (χ0v) is 11.3. The van der Waals surface area contributed by atoms with Crippen molar-refractivity contribution < 1.29 is 14.6 Å². The van der Waals surface area contributed by atoms with E-state index in [1.165, 1.54) is 0 Å². The predicted molar refractivity (Wildman–Crippen MR) is 68.5 cm³/mol. The Morgan fingerprint density at radius 2 is 2.06 bits per heavy atom. The Hall–Kier alpha value is -1.03. The summed E-state index contributed by atoms with van der Waals surface area (Å²) < 4.78 is 6.22. The number of aliphatic carboxylic acids is 1. The molecule has 0 aromatic heterocycles. The van der Waals surface area contributed by atoms with Crippen molar-refractivity contribution in [2.75, 3.05) is 7.11 Å². The van der Waals surface area contributed by atoms with Crippen LogP contribution in [-0.4, -0.2) is 18.2 Å². The van der Waals surface area contributed by atoms with Crippen molar-refractivity contribution in [3.63, 3.8) is 0 Å². The molecule has 0 atom stereocenters. The monoisotopic (exact) mass is 298 g/mol. The van der Waals surface area contributed by atoms with Crippen LogP contribution in [0.4, 0.5) is 0 Å². The molecule has 0 aliphatic heterocycles. The summed E-state index contributed by atoms with van der Waals surface area (Å²) in [5.74, 6) is -0.0840. The molecule has 1 aliphatic rings. The SMILES string of the molecule is COc1cc(Br)ccc1C1(C(=O)O)CCCC1. The van der Waals surface area contributed by atoms with Crippen LogP contribution in [0, 0.1) is 0 Å². The summed E-state index contributed by atoms with van der Waals surface area (Å²) in [7, 11) is 1.58. The van der Waals surface area contributed by atoms with Gasteiger partial charge in [-0.1, -0.05) is 34.8 Å². The number of carboxylic acid groups (broad SMARTS) is 1. The lowest BCUT2D eigenvalue weighted by atomic mass is 9.78. The maximum Gasteiger partial charge on any atom is 0.314 e. The molecule has 1 saturated carbocycles. The molecule has 0 unspecified atom stereocenters. The van der Waals surface area contributed by atoms with Crippen molar-refractivity contribution in [3.8, 4) is 5.75 Å². The summed E-state index contributed by atoms with van der Waals surface area (Å²) in [6.07, 6.45) is 3.32. The number of carboxylic acids is 1. The summed E-state index contributed by atoms with van der Waals surface area (Å²) >= 11 is 3.37. The van der Waals surface area contributed by atoms with E-state index >= 15 is 0 Å². The van der Waals surface area contributed by atoms with Gasteiger partial charge in [0.25, 0.3) is 0 Å². The van der Waals surface area contributed by atoms with Gasteiger partial charge in [0.15, 0.2) is 0 Å². The molecule has 1 aromatic rings. The number of rotatable bonds is 3. The van der Waals surface area contributed by atoms with Crippen molar-refractivity contribution >= 4 is 21.9 Å². The topological polar surface area (TPSA) is 46.5 Å². The van der Waals surface area contributed by atoms with E-state index in [0.717, 1.165) is 22.9 Å². The van der Waals surface area contributed by atoms with E-state index in [-0.39, 0.29) is 0 Å². The molecule has 0 heterocycles. The van der Waals surface area contributed by atoms with Gasteiger partial charge in [-0.25, -0.2) is 0 Å².